The van der Waals surface area contributed by atoms with Crippen molar-refractivity contribution in [1.29, 1.82) is 0 Å². The molecule has 2 heterocycles. The van der Waals surface area contributed by atoms with Crippen molar-refractivity contribution in [3.05, 3.63) is 92.9 Å². The van der Waals surface area contributed by atoms with Crippen molar-refractivity contribution in [1.82, 2.24) is 10.3 Å². The van der Waals surface area contributed by atoms with Crippen LogP contribution in [0.15, 0.2) is 80.9 Å². The van der Waals surface area contributed by atoms with Crippen LogP contribution >= 0.6 is 47.1 Å². The average Bonchev–Trinajstić information content (AvgIpc) is 3.40. The third kappa shape index (κ3) is 5.31. The van der Waals surface area contributed by atoms with Crippen LogP contribution in [-0.4, -0.2) is 26.0 Å². The maximum Gasteiger partial charge on any atom is 0.283 e. The van der Waals surface area contributed by atoms with Crippen LogP contribution in [0.25, 0.3) is 16.3 Å². The number of aromatic nitrogens is 1. The number of nitrogens with zero attached hydrogens (tertiary/aromatic N) is 2. The van der Waals surface area contributed by atoms with E-state index in [0.717, 1.165) is 22.0 Å². The summed E-state index contributed by atoms with van der Waals surface area (Å²) in [5, 5.41) is 17.2. The van der Waals surface area contributed by atoms with Crippen LogP contribution in [-0.2, 0) is 4.79 Å². The lowest BCUT2D eigenvalue weighted by molar-refractivity contribution is -0.387. The number of nitrogens with one attached hydrogen (secondary N) is 2. The number of nitro benzene ring substituents is 1. The largest absolute Gasteiger partial charge is 0.322 e. The lowest BCUT2D eigenvalue weighted by atomic mass is 10.2. The maximum absolute atomic E-state index is 12.4. The van der Waals surface area contributed by atoms with E-state index in [2.05, 4.69) is 15.6 Å². The van der Waals surface area contributed by atoms with Gasteiger partial charge >= 0.3 is 0 Å². The summed E-state index contributed by atoms with van der Waals surface area (Å²) in [5.41, 5.74) is 2.35. The van der Waals surface area contributed by atoms with Crippen molar-refractivity contribution in [2.24, 2.45) is 0 Å². The zero-order valence-corrected chi connectivity index (χ0v) is 21.4. The van der Waals surface area contributed by atoms with Crippen molar-refractivity contribution in [3.63, 3.8) is 0 Å². The molecule has 0 saturated carbocycles. The number of amides is 2. The van der Waals surface area contributed by atoms with Crippen LogP contribution in [0.4, 0.5) is 11.4 Å². The van der Waals surface area contributed by atoms with Crippen LogP contribution in [0.2, 0.25) is 0 Å². The molecule has 1 aliphatic rings. The first kappa shape index (κ1) is 24.1. The SMILES string of the molecule is O=C1NC(=S)S/C1=C\c1ccc(Sc2nc3ccc(NC(=O)c4ccccc4)cc3s2)c([N+](=O)[O-])c1. The van der Waals surface area contributed by atoms with E-state index in [9.17, 15) is 19.7 Å². The second kappa shape index (κ2) is 10.2. The fraction of sp³-hybridized carbons (Fsp3) is 0. The molecule has 1 aliphatic heterocycles. The van der Waals surface area contributed by atoms with E-state index >= 15 is 0 Å². The molecule has 2 amide bonds. The molecule has 3 aromatic carbocycles. The summed E-state index contributed by atoms with van der Waals surface area (Å²) in [4.78, 5) is 41.0. The number of rotatable bonds is 6. The normalized spacial score (nSPS) is 14.3. The molecule has 8 nitrogen and oxygen atoms in total. The molecule has 0 spiro atoms. The molecule has 178 valence electrons. The first-order chi connectivity index (χ1) is 17.4. The predicted molar refractivity (Wildman–Crippen MR) is 148 cm³/mol. The highest BCUT2D eigenvalue weighted by atomic mass is 32.2. The van der Waals surface area contributed by atoms with Gasteiger partial charge in [-0.15, -0.1) is 11.3 Å². The van der Waals surface area contributed by atoms with E-state index in [1.807, 2.05) is 12.1 Å². The van der Waals surface area contributed by atoms with Crippen molar-refractivity contribution in [2.45, 2.75) is 9.24 Å². The number of benzene rings is 3. The molecule has 0 atom stereocenters. The van der Waals surface area contributed by atoms with Gasteiger partial charge in [-0.25, -0.2) is 4.98 Å². The summed E-state index contributed by atoms with van der Waals surface area (Å²) < 4.78 is 1.82. The summed E-state index contributed by atoms with van der Waals surface area (Å²) in [7, 11) is 0. The molecule has 0 bridgehead atoms. The average molecular weight is 551 g/mol. The Morgan fingerprint density at radius 2 is 1.94 bits per heavy atom. The number of thioether (sulfide) groups is 1. The highest BCUT2D eigenvalue weighted by molar-refractivity contribution is 8.26. The van der Waals surface area contributed by atoms with Crippen LogP contribution in [0, 0.1) is 10.1 Å². The molecule has 0 radical (unpaired) electrons. The zero-order valence-electron chi connectivity index (χ0n) is 18.1. The van der Waals surface area contributed by atoms with Crippen LogP contribution in [0.5, 0.6) is 0 Å². The zero-order chi connectivity index (χ0) is 25.2. The van der Waals surface area contributed by atoms with Gasteiger partial charge < -0.3 is 10.6 Å². The Kier molecular flexibility index (Phi) is 6.83. The third-order valence-electron chi connectivity index (χ3n) is 4.98. The van der Waals surface area contributed by atoms with Gasteiger partial charge in [-0.3, -0.25) is 19.7 Å². The number of thiazole rings is 1. The number of fused-ring (bicyclic) bond motifs is 1. The maximum atomic E-state index is 12.4. The molecule has 0 aliphatic carbocycles. The Hall–Kier alpha value is -3.58. The lowest BCUT2D eigenvalue weighted by Gasteiger charge is -2.04. The van der Waals surface area contributed by atoms with Gasteiger partial charge in [0.05, 0.1) is 24.9 Å². The monoisotopic (exact) mass is 550 g/mol. The highest BCUT2D eigenvalue weighted by Gasteiger charge is 2.23. The molecule has 1 fully saturated rings. The molecule has 1 saturated heterocycles. The molecule has 4 aromatic rings. The molecular formula is C24H14N4O4S4. The molecule has 5 rings (SSSR count). The summed E-state index contributed by atoms with van der Waals surface area (Å²) in [5.74, 6) is -0.532. The Labute approximate surface area is 222 Å². The quantitative estimate of drug-likeness (QED) is 0.128. The van der Waals surface area contributed by atoms with E-state index in [-0.39, 0.29) is 17.5 Å². The molecule has 36 heavy (non-hydrogen) atoms. The number of carbonyl (C=O) groups excluding carboxylic acids is 2. The second-order valence-electron chi connectivity index (χ2n) is 7.42. The van der Waals surface area contributed by atoms with E-state index in [0.29, 0.717) is 35.3 Å². The topological polar surface area (TPSA) is 114 Å². The molecule has 1 aromatic heterocycles. The van der Waals surface area contributed by atoms with E-state index in [1.165, 1.54) is 29.2 Å². The van der Waals surface area contributed by atoms with Gasteiger partial charge in [0.1, 0.15) is 4.32 Å². The molecule has 2 N–H and O–H groups in total. The van der Waals surface area contributed by atoms with Gasteiger partial charge in [-0.2, -0.15) is 0 Å². The summed E-state index contributed by atoms with van der Waals surface area (Å²) in [6.45, 7) is 0. The predicted octanol–water partition coefficient (Wildman–Crippen LogP) is 6.10. The Bertz CT molecular complexity index is 1580. The van der Waals surface area contributed by atoms with Crippen molar-refractivity contribution in [2.75, 3.05) is 5.32 Å². The fourth-order valence-electron chi connectivity index (χ4n) is 3.34. The summed E-state index contributed by atoms with van der Waals surface area (Å²) in [6, 6.07) is 19.1. The van der Waals surface area contributed by atoms with Crippen molar-refractivity contribution in [3.8, 4) is 0 Å². The minimum atomic E-state index is -0.457. The van der Waals surface area contributed by atoms with Gasteiger partial charge in [-0.1, -0.05) is 60.0 Å². The number of nitro groups is 1. The minimum Gasteiger partial charge on any atom is -0.322 e. The van der Waals surface area contributed by atoms with Gasteiger partial charge in [-0.05, 0) is 48.0 Å². The van der Waals surface area contributed by atoms with Gasteiger partial charge in [0.2, 0.25) is 0 Å². The third-order valence-corrected chi connectivity index (χ3v) is 8.29. The molecule has 12 heteroatoms. The smallest absolute Gasteiger partial charge is 0.283 e. The summed E-state index contributed by atoms with van der Waals surface area (Å²) >= 11 is 8.66. The van der Waals surface area contributed by atoms with E-state index in [4.69, 9.17) is 12.2 Å². The minimum absolute atomic E-state index is 0.0876. The van der Waals surface area contributed by atoms with Crippen molar-refractivity contribution < 1.29 is 14.5 Å². The Balaban J connectivity index is 1.37. The molecular weight excluding hydrogens is 537 g/mol. The number of thiocarbonyl (C=S) groups is 1. The number of anilines is 1. The van der Waals surface area contributed by atoms with Crippen LogP contribution in [0.3, 0.4) is 0 Å². The standard InChI is InChI=1S/C24H14N4O4S4/c29-21(14-4-2-1-3-5-14)25-15-7-8-16-19(12-15)36-24(26-16)35-18-9-6-13(10-17(18)28(31)32)11-20-22(30)27-23(33)34-20/h1-12H,(H,25,29)(H,27,30,33)/b20-11-. The fourth-order valence-corrected chi connectivity index (χ4v) is 6.53. The van der Waals surface area contributed by atoms with E-state index < -0.39 is 4.92 Å². The lowest BCUT2D eigenvalue weighted by Crippen LogP contribution is -2.17. The number of carbonyl (C=O) groups is 2. The number of hydrogen-bond donors (Lipinski definition) is 2. The van der Waals surface area contributed by atoms with E-state index in [1.54, 1.807) is 54.6 Å². The van der Waals surface area contributed by atoms with Gasteiger partial charge in [0, 0.05) is 17.3 Å². The first-order valence-electron chi connectivity index (χ1n) is 10.3. The Morgan fingerprint density at radius 1 is 1.14 bits per heavy atom. The van der Waals surface area contributed by atoms with Gasteiger partial charge in [0.25, 0.3) is 17.5 Å². The second-order valence-corrected chi connectivity index (χ2v) is 11.5. The number of hydrogen-bond acceptors (Lipinski definition) is 9. The van der Waals surface area contributed by atoms with Gasteiger partial charge in [0.15, 0.2) is 4.34 Å². The van der Waals surface area contributed by atoms with Crippen LogP contribution in [0.1, 0.15) is 15.9 Å². The molecule has 0 unspecified atom stereocenters. The summed E-state index contributed by atoms with van der Waals surface area (Å²) in [6.07, 6.45) is 1.57. The van der Waals surface area contributed by atoms with Crippen LogP contribution < -0.4 is 10.6 Å². The first-order valence-corrected chi connectivity index (χ1v) is 13.2. The Morgan fingerprint density at radius 3 is 2.67 bits per heavy atom. The van der Waals surface area contributed by atoms with Crippen molar-refractivity contribution >= 4 is 90.9 Å². The highest BCUT2D eigenvalue weighted by Crippen LogP contribution is 2.40.